The van der Waals surface area contributed by atoms with E-state index in [-0.39, 0.29) is 5.56 Å². The van der Waals surface area contributed by atoms with Gasteiger partial charge in [0.2, 0.25) is 0 Å². The van der Waals surface area contributed by atoms with E-state index in [4.69, 9.17) is 4.42 Å². The van der Waals surface area contributed by atoms with Gasteiger partial charge in [-0.3, -0.25) is 0 Å². The molecule has 0 aliphatic rings. The number of aromatic carboxylic acids is 1. The fourth-order valence-corrected chi connectivity index (χ4v) is 5.74. The van der Waals surface area contributed by atoms with E-state index in [0.29, 0.717) is 16.7 Å². The van der Waals surface area contributed by atoms with E-state index in [2.05, 4.69) is 63.7 Å². The predicted octanol–water partition coefficient (Wildman–Crippen LogP) is 8.28. The summed E-state index contributed by atoms with van der Waals surface area (Å²) < 4.78 is 9.47. The van der Waals surface area contributed by atoms with Crippen LogP contribution < -0.4 is 0 Å². The van der Waals surface area contributed by atoms with Gasteiger partial charge in [0.15, 0.2) is 0 Å². The smallest absolute Gasteiger partial charge is 0.375 e. The molecule has 1 heterocycles. The molecule has 1 N–H and O–H groups in total. The van der Waals surface area contributed by atoms with Crippen molar-refractivity contribution in [2.45, 2.75) is 0 Å². The Hall–Kier alpha value is -1.28. The molecule has 4 rings (SSSR count). The number of fused-ring (bicyclic) bond motifs is 2. The Balaban J connectivity index is 2.31. The van der Waals surface area contributed by atoms with Crippen molar-refractivity contribution in [1.82, 2.24) is 0 Å². The summed E-state index contributed by atoms with van der Waals surface area (Å²) in [7, 11) is 0. The molecule has 0 amide bonds. The van der Waals surface area contributed by atoms with Crippen molar-refractivity contribution in [3.05, 3.63) is 72.0 Å². The molecule has 7 heteroatoms. The summed E-state index contributed by atoms with van der Waals surface area (Å²) in [6.45, 7) is 0. The van der Waals surface area contributed by atoms with Crippen molar-refractivity contribution in [2.75, 3.05) is 0 Å². The number of carboxylic acid groups (broad SMARTS) is 1. The van der Waals surface area contributed by atoms with Crippen LogP contribution in [0.4, 0.5) is 0 Å². The second-order valence-corrected chi connectivity index (χ2v) is 9.40. The average molecular weight is 617 g/mol. The molecule has 134 valence electrons. The van der Waals surface area contributed by atoms with E-state index in [9.17, 15) is 9.90 Å². The Bertz CT molecular complexity index is 1190. The first-order valence-corrected chi connectivity index (χ1v) is 10.9. The molecule has 0 saturated carbocycles. The van der Waals surface area contributed by atoms with Crippen LogP contribution in [0, 0.1) is 0 Å². The third-order valence-electron chi connectivity index (χ3n) is 4.19. The normalized spacial score (nSPS) is 11.3. The first-order chi connectivity index (χ1) is 12.9. The monoisotopic (exact) mass is 613 g/mol. The minimum Gasteiger partial charge on any atom is -0.478 e. The van der Waals surface area contributed by atoms with Gasteiger partial charge in [0, 0.05) is 14.5 Å². The summed E-state index contributed by atoms with van der Waals surface area (Å²) >= 11 is 14.2. The molecule has 27 heavy (non-hydrogen) atoms. The molecule has 0 atom stereocenters. The van der Waals surface area contributed by atoms with Gasteiger partial charge in [0.1, 0.15) is 8.95 Å². The van der Waals surface area contributed by atoms with Crippen LogP contribution in [0.1, 0.15) is 10.4 Å². The van der Waals surface area contributed by atoms with Gasteiger partial charge in [-0.15, -0.1) is 0 Å². The summed E-state index contributed by atoms with van der Waals surface area (Å²) in [4.78, 5) is 11.9. The quantitative estimate of drug-likeness (QED) is 0.182. The van der Waals surface area contributed by atoms with Gasteiger partial charge in [-0.1, -0.05) is 50.1 Å². The molecule has 0 aliphatic carbocycles. The molecule has 0 saturated heterocycles. The number of hydrogen-bond acceptors (Lipinski definition) is 1. The predicted molar refractivity (Wildman–Crippen MR) is 121 cm³/mol. The number of rotatable bonds is 2. The van der Waals surface area contributed by atoms with Crippen LogP contribution in [0.5, 0.6) is 0 Å². The average Bonchev–Trinajstić information content (AvgIpc) is 2.60. The number of carbonyl (C=O) groups is 1. The molecule has 3 aromatic carbocycles. The minimum absolute atomic E-state index is 0.235. The molecular formula is C20H9Br4O3+. The van der Waals surface area contributed by atoms with Crippen molar-refractivity contribution in [2.24, 2.45) is 0 Å². The van der Waals surface area contributed by atoms with E-state index >= 15 is 0 Å². The molecule has 4 aromatic rings. The molecule has 1 aromatic heterocycles. The third kappa shape index (κ3) is 3.35. The van der Waals surface area contributed by atoms with Crippen LogP contribution in [0.25, 0.3) is 33.1 Å². The molecule has 0 aliphatic heterocycles. The molecule has 0 radical (unpaired) electrons. The number of carboxylic acids is 1. The second-order valence-electron chi connectivity index (χ2n) is 5.86. The van der Waals surface area contributed by atoms with Crippen molar-refractivity contribution in [3.8, 4) is 11.1 Å². The molecule has 3 nitrogen and oxygen atoms in total. The van der Waals surface area contributed by atoms with Gasteiger partial charge in [-0.2, -0.15) is 0 Å². The Labute approximate surface area is 187 Å². The van der Waals surface area contributed by atoms with Crippen LogP contribution in [-0.2, 0) is 0 Å². The lowest BCUT2D eigenvalue weighted by Crippen LogP contribution is -2.00. The number of halogens is 4. The molecule has 0 bridgehead atoms. The standard InChI is InChI=1S/C20H8Br4O3/c21-9-5-13-17(11-3-1-2-4-12(11)20(25)26)14-6-10(22)8-16(24)19(14)27-18(13)15(23)7-9/h1-8H/p+1. The summed E-state index contributed by atoms with van der Waals surface area (Å²) in [5.74, 6) is -0.976. The SMILES string of the molecule is O=C(O)c1ccccc1-c1c2cc(Br)cc(Br)c2[o+]c2c(Br)cc(Br)cc12. The lowest BCUT2D eigenvalue weighted by molar-refractivity contribution is 0.0698. The summed E-state index contributed by atoms with van der Waals surface area (Å²) in [6.07, 6.45) is 0. The van der Waals surface area contributed by atoms with Crippen molar-refractivity contribution in [1.29, 1.82) is 0 Å². The Morgan fingerprint density at radius 1 is 0.815 bits per heavy atom. The summed E-state index contributed by atoms with van der Waals surface area (Å²) in [6, 6.07) is 14.7. The highest BCUT2D eigenvalue weighted by Crippen LogP contribution is 2.44. The van der Waals surface area contributed by atoms with Crippen molar-refractivity contribution in [3.63, 3.8) is 0 Å². The minimum atomic E-state index is -0.976. The zero-order valence-electron chi connectivity index (χ0n) is 13.4. The fraction of sp³-hybridized carbons (Fsp3) is 0. The first kappa shape index (κ1) is 19.1. The first-order valence-electron chi connectivity index (χ1n) is 7.73. The van der Waals surface area contributed by atoms with Gasteiger partial charge >= 0.3 is 17.1 Å². The van der Waals surface area contributed by atoms with E-state index < -0.39 is 5.97 Å². The molecule has 0 unspecified atom stereocenters. The maximum Gasteiger partial charge on any atom is 0.375 e. The highest BCUT2D eigenvalue weighted by atomic mass is 79.9. The summed E-state index contributed by atoms with van der Waals surface area (Å²) in [5.41, 5.74) is 2.95. The Morgan fingerprint density at radius 3 is 1.85 bits per heavy atom. The molecule has 0 fully saturated rings. The van der Waals surface area contributed by atoms with Gasteiger partial charge in [-0.05, 0) is 67.8 Å². The van der Waals surface area contributed by atoms with Gasteiger partial charge in [0.05, 0.1) is 16.3 Å². The lowest BCUT2D eigenvalue weighted by Gasteiger charge is -2.10. The molecule has 0 spiro atoms. The zero-order chi connectivity index (χ0) is 19.3. The zero-order valence-corrected chi connectivity index (χ0v) is 19.7. The van der Waals surface area contributed by atoms with E-state index in [1.165, 1.54) is 0 Å². The number of hydrogen-bond donors (Lipinski definition) is 1. The maximum absolute atomic E-state index is 11.9. The van der Waals surface area contributed by atoms with E-state index in [1.54, 1.807) is 12.1 Å². The lowest BCUT2D eigenvalue weighted by atomic mass is 9.93. The third-order valence-corrected chi connectivity index (χ3v) is 6.28. The number of benzene rings is 3. The van der Waals surface area contributed by atoms with Crippen LogP contribution in [-0.4, -0.2) is 11.1 Å². The second kappa shape index (κ2) is 7.28. The topological polar surface area (TPSA) is 48.6 Å². The highest BCUT2D eigenvalue weighted by Gasteiger charge is 2.27. The van der Waals surface area contributed by atoms with Crippen LogP contribution in [0.15, 0.2) is 70.8 Å². The Kier molecular flexibility index (Phi) is 5.14. The highest BCUT2D eigenvalue weighted by molar-refractivity contribution is 9.11. The molecular weight excluding hydrogens is 608 g/mol. The largest absolute Gasteiger partial charge is 0.478 e. The van der Waals surface area contributed by atoms with Gasteiger partial charge < -0.3 is 5.11 Å². The van der Waals surface area contributed by atoms with E-state index in [0.717, 1.165) is 34.2 Å². The van der Waals surface area contributed by atoms with Crippen LogP contribution in [0.3, 0.4) is 0 Å². The van der Waals surface area contributed by atoms with Gasteiger partial charge in [0.25, 0.3) is 0 Å². The Morgan fingerprint density at radius 2 is 1.33 bits per heavy atom. The van der Waals surface area contributed by atoms with E-state index in [1.807, 2.05) is 36.4 Å². The fourth-order valence-electron chi connectivity index (χ4n) is 3.12. The summed E-state index contributed by atoms with van der Waals surface area (Å²) in [5, 5.41) is 11.3. The van der Waals surface area contributed by atoms with Crippen LogP contribution >= 0.6 is 63.7 Å². The maximum atomic E-state index is 11.9. The van der Waals surface area contributed by atoms with Crippen molar-refractivity contribution >= 4 is 91.6 Å². The van der Waals surface area contributed by atoms with Crippen molar-refractivity contribution < 1.29 is 14.3 Å². The van der Waals surface area contributed by atoms with Crippen LogP contribution in [0.2, 0.25) is 0 Å². The van der Waals surface area contributed by atoms with Gasteiger partial charge in [-0.25, -0.2) is 9.21 Å².